The van der Waals surface area contributed by atoms with Gasteiger partial charge in [0.05, 0.1) is 5.56 Å². The Balaban J connectivity index is 3.35. The molecule has 0 fully saturated rings. The molecule has 1 aromatic heterocycles. The highest BCUT2D eigenvalue weighted by molar-refractivity contribution is 14.1. The minimum Gasteiger partial charge on any atom is -0.243 e. The molecule has 0 spiro atoms. The molecule has 0 unspecified atom stereocenters. The molecular weight excluding hydrogens is 378 g/mol. The van der Waals surface area contributed by atoms with Crippen LogP contribution in [-0.2, 0) is 5.33 Å². The topological polar surface area (TPSA) is 12.9 Å². The second-order valence-corrected chi connectivity index (χ2v) is 4.30. The van der Waals surface area contributed by atoms with Gasteiger partial charge in [0.25, 0.3) is 6.43 Å². The van der Waals surface area contributed by atoms with Crippen molar-refractivity contribution in [3.05, 3.63) is 26.0 Å². The summed E-state index contributed by atoms with van der Waals surface area (Å²) in [5.74, 6) is 0. The SMILES string of the molecule is FC(F)c1c(Cl)ncc(I)c1CBr. The quantitative estimate of drug-likeness (QED) is 0.425. The Morgan fingerprint density at radius 1 is 1.62 bits per heavy atom. The molecule has 0 atom stereocenters. The summed E-state index contributed by atoms with van der Waals surface area (Å²) in [6, 6.07) is 0. The molecule has 1 nitrogen and oxygen atoms in total. The fourth-order valence-electron chi connectivity index (χ4n) is 0.872. The van der Waals surface area contributed by atoms with E-state index in [-0.39, 0.29) is 10.7 Å². The molecule has 0 aliphatic rings. The van der Waals surface area contributed by atoms with Crippen LogP contribution in [0.1, 0.15) is 17.6 Å². The van der Waals surface area contributed by atoms with Crippen LogP contribution in [0.4, 0.5) is 8.78 Å². The van der Waals surface area contributed by atoms with Crippen molar-refractivity contribution in [3.8, 4) is 0 Å². The molecule has 0 saturated heterocycles. The van der Waals surface area contributed by atoms with Gasteiger partial charge in [-0.1, -0.05) is 27.5 Å². The Labute approximate surface area is 101 Å². The zero-order valence-electron chi connectivity index (χ0n) is 6.20. The highest BCUT2D eigenvalue weighted by Gasteiger charge is 2.19. The number of pyridine rings is 1. The molecule has 0 aliphatic heterocycles. The monoisotopic (exact) mass is 381 g/mol. The number of nitrogens with zero attached hydrogens (tertiary/aromatic N) is 1. The molecule has 0 N–H and O–H groups in total. The lowest BCUT2D eigenvalue weighted by atomic mass is 10.2. The number of rotatable bonds is 2. The summed E-state index contributed by atoms with van der Waals surface area (Å²) in [5, 5.41) is 0.234. The lowest BCUT2D eigenvalue weighted by Crippen LogP contribution is -1.98. The first kappa shape index (κ1) is 11.6. The van der Waals surface area contributed by atoms with Gasteiger partial charge >= 0.3 is 0 Å². The zero-order valence-corrected chi connectivity index (χ0v) is 10.7. The van der Waals surface area contributed by atoms with Gasteiger partial charge in [0.2, 0.25) is 0 Å². The zero-order chi connectivity index (χ0) is 10.0. The van der Waals surface area contributed by atoms with E-state index in [0.717, 1.165) is 0 Å². The largest absolute Gasteiger partial charge is 0.267 e. The van der Waals surface area contributed by atoms with Gasteiger partial charge in [-0.25, -0.2) is 13.8 Å². The van der Waals surface area contributed by atoms with E-state index in [9.17, 15) is 8.78 Å². The molecule has 6 heteroatoms. The first-order chi connectivity index (χ1) is 6.07. The van der Waals surface area contributed by atoms with Gasteiger partial charge in [-0.2, -0.15) is 0 Å². The van der Waals surface area contributed by atoms with Crippen molar-refractivity contribution >= 4 is 50.1 Å². The van der Waals surface area contributed by atoms with Crippen LogP contribution in [0.25, 0.3) is 0 Å². The number of halogens is 5. The van der Waals surface area contributed by atoms with Gasteiger partial charge in [-0.3, -0.25) is 0 Å². The summed E-state index contributed by atoms with van der Waals surface area (Å²) in [6.45, 7) is 0. The summed E-state index contributed by atoms with van der Waals surface area (Å²) in [6.07, 6.45) is -1.10. The molecule has 0 saturated carbocycles. The van der Waals surface area contributed by atoms with Crippen molar-refractivity contribution in [2.75, 3.05) is 0 Å². The number of alkyl halides is 3. The standard InChI is InChI=1S/C7H4BrClF2IN/c8-1-3-4(12)2-13-6(9)5(3)7(10)11/h2,7H,1H2. The fourth-order valence-corrected chi connectivity index (χ4v) is 2.87. The van der Waals surface area contributed by atoms with Crippen molar-refractivity contribution < 1.29 is 8.78 Å². The van der Waals surface area contributed by atoms with Crippen molar-refractivity contribution in [2.45, 2.75) is 11.8 Å². The van der Waals surface area contributed by atoms with Crippen molar-refractivity contribution in [3.63, 3.8) is 0 Å². The molecule has 13 heavy (non-hydrogen) atoms. The van der Waals surface area contributed by atoms with Gasteiger partial charge in [-0.15, -0.1) is 0 Å². The van der Waals surface area contributed by atoms with Crippen LogP contribution < -0.4 is 0 Å². The maximum Gasteiger partial charge on any atom is 0.267 e. The van der Waals surface area contributed by atoms with Crippen LogP contribution in [0, 0.1) is 3.57 Å². The highest BCUT2D eigenvalue weighted by atomic mass is 127. The van der Waals surface area contributed by atoms with Gasteiger partial charge in [0, 0.05) is 15.1 Å². The summed E-state index contributed by atoms with van der Waals surface area (Å²) in [7, 11) is 0. The van der Waals surface area contributed by atoms with Crippen LogP contribution >= 0.6 is 50.1 Å². The number of aromatic nitrogens is 1. The second-order valence-electron chi connectivity index (χ2n) is 2.22. The molecular formula is C7H4BrClF2IN. The van der Waals surface area contributed by atoms with Gasteiger partial charge in [0.15, 0.2) is 0 Å². The third-order valence-electron chi connectivity index (χ3n) is 1.48. The summed E-state index contributed by atoms with van der Waals surface area (Å²) in [4.78, 5) is 3.67. The van der Waals surface area contributed by atoms with Crippen molar-refractivity contribution in [2.24, 2.45) is 0 Å². The molecule has 1 aromatic rings. The minimum absolute atomic E-state index is 0.120. The van der Waals surface area contributed by atoms with Crippen molar-refractivity contribution in [1.29, 1.82) is 0 Å². The molecule has 72 valence electrons. The Kier molecular flexibility index (Phi) is 4.31. The van der Waals surface area contributed by atoms with E-state index in [1.165, 1.54) is 6.20 Å². The van der Waals surface area contributed by atoms with E-state index in [4.69, 9.17) is 11.6 Å². The molecule has 0 aromatic carbocycles. The van der Waals surface area contributed by atoms with E-state index >= 15 is 0 Å². The van der Waals surface area contributed by atoms with E-state index in [1.807, 2.05) is 22.6 Å². The molecule has 0 aliphatic carbocycles. The molecule has 1 rings (SSSR count). The average Bonchev–Trinajstić information content (AvgIpc) is 2.07. The second kappa shape index (κ2) is 4.84. The van der Waals surface area contributed by atoms with Crippen LogP contribution in [-0.4, -0.2) is 4.98 Å². The Bertz CT molecular complexity index is 322. The molecule has 1 heterocycles. The minimum atomic E-state index is -2.58. The Hall–Kier alpha value is 0.510. The van der Waals surface area contributed by atoms with E-state index in [1.54, 1.807) is 0 Å². The Morgan fingerprint density at radius 2 is 2.23 bits per heavy atom. The molecule has 0 bridgehead atoms. The van der Waals surface area contributed by atoms with Gasteiger partial charge < -0.3 is 0 Å². The number of hydrogen-bond donors (Lipinski definition) is 0. The predicted octanol–water partition coefficient (Wildman–Crippen LogP) is 4.17. The van der Waals surface area contributed by atoms with E-state index < -0.39 is 6.43 Å². The maximum atomic E-state index is 12.5. The van der Waals surface area contributed by atoms with Crippen LogP contribution in [0.15, 0.2) is 6.20 Å². The molecule has 0 amide bonds. The van der Waals surface area contributed by atoms with Crippen LogP contribution in [0.3, 0.4) is 0 Å². The lowest BCUT2D eigenvalue weighted by molar-refractivity contribution is 0.150. The van der Waals surface area contributed by atoms with Gasteiger partial charge in [-0.05, 0) is 28.2 Å². The van der Waals surface area contributed by atoms with Crippen molar-refractivity contribution in [1.82, 2.24) is 4.98 Å². The Morgan fingerprint density at radius 3 is 2.62 bits per heavy atom. The first-order valence-electron chi connectivity index (χ1n) is 3.24. The summed E-state index contributed by atoms with van der Waals surface area (Å²) in [5.41, 5.74) is 0.334. The predicted molar refractivity (Wildman–Crippen MR) is 59.6 cm³/mol. The summed E-state index contributed by atoms with van der Waals surface area (Å²) < 4.78 is 25.7. The lowest BCUT2D eigenvalue weighted by Gasteiger charge is -2.09. The first-order valence-corrected chi connectivity index (χ1v) is 5.82. The fraction of sp³-hybridized carbons (Fsp3) is 0.286. The third-order valence-corrected chi connectivity index (χ3v) is 3.27. The summed E-state index contributed by atoms with van der Waals surface area (Å²) >= 11 is 10.6. The normalized spacial score (nSPS) is 10.9. The van der Waals surface area contributed by atoms with E-state index in [0.29, 0.717) is 14.5 Å². The third kappa shape index (κ3) is 2.50. The number of hydrogen-bond acceptors (Lipinski definition) is 1. The van der Waals surface area contributed by atoms with Crippen LogP contribution in [0.5, 0.6) is 0 Å². The van der Waals surface area contributed by atoms with E-state index in [2.05, 4.69) is 20.9 Å². The average molecular weight is 382 g/mol. The highest BCUT2D eigenvalue weighted by Crippen LogP contribution is 2.32. The molecule has 0 radical (unpaired) electrons. The van der Waals surface area contributed by atoms with Gasteiger partial charge in [0.1, 0.15) is 5.15 Å². The maximum absolute atomic E-state index is 12.5. The van der Waals surface area contributed by atoms with Crippen LogP contribution in [0.2, 0.25) is 5.15 Å². The smallest absolute Gasteiger partial charge is 0.243 e.